The summed E-state index contributed by atoms with van der Waals surface area (Å²) in [5.41, 5.74) is 1.39. The van der Waals surface area contributed by atoms with Crippen molar-refractivity contribution in [1.29, 1.82) is 0 Å². The number of H-pyrrole nitrogens is 1. The number of carbonyl (C=O) groups excluding carboxylic acids is 2. The predicted octanol–water partition coefficient (Wildman–Crippen LogP) is 2.82. The van der Waals surface area contributed by atoms with Gasteiger partial charge in [-0.1, -0.05) is 0 Å². The van der Waals surface area contributed by atoms with Gasteiger partial charge in [0.05, 0.1) is 24.3 Å². The summed E-state index contributed by atoms with van der Waals surface area (Å²) in [4.78, 5) is 27.5. The zero-order valence-corrected chi connectivity index (χ0v) is 12.8. The van der Waals surface area contributed by atoms with Crippen LogP contribution in [0.25, 0.3) is 0 Å². The summed E-state index contributed by atoms with van der Waals surface area (Å²) in [5, 5.41) is 4.45. The molecule has 0 bridgehead atoms. The van der Waals surface area contributed by atoms with Crippen LogP contribution in [0.4, 0.5) is 5.69 Å². The number of esters is 1. The molecule has 112 valence electrons. The highest BCUT2D eigenvalue weighted by Gasteiger charge is 2.20. The molecule has 0 atom stereocenters. The molecular weight excluding hydrogens is 292 g/mol. The summed E-state index contributed by atoms with van der Waals surface area (Å²) >= 11 is 1.27. The molecule has 1 amide bonds. The molecule has 21 heavy (non-hydrogen) atoms. The van der Waals surface area contributed by atoms with Gasteiger partial charge in [-0.2, -0.15) is 0 Å². The van der Waals surface area contributed by atoms with E-state index in [-0.39, 0.29) is 12.5 Å². The molecule has 0 spiro atoms. The summed E-state index contributed by atoms with van der Waals surface area (Å²) in [6, 6.07) is 1.64. The molecule has 0 aliphatic rings. The molecule has 2 heterocycles. The van der Waals surface area contributed by atoms with Crippen LogP contribution in [0.15, 0.2) is 17.6 Å². The fourth-order valence-electron chi connectivity index (χ4n) is 1.82. The van der Waals surface area contributed by atoms with Crippen LogP contribution in [-0.4, -0.2) is 30.6 Å². The van der Waals surface area contributed by atoms with Crippen LogP contribution in [0, 0.1) is 6.92 Å². The number of carbonyl (C=O) groups is 2. The minimum atomic E-state index is -0.463. The van der Waals surface area contributed by atoms with Crippen molar-refractivity contribution < 1.29 is 19.1 Å². The van der Waals surface area contributed by atoms with Crippen molar-refractivity contribution in [3.05, 3.63) is 33.8 Å². The Hall–Kier alpha value is -2.28. The normalized spacial score (nSPS) is 10.2. The van der Waals surface area contributed by atoms with Crippen LogP contribution in [0.3, 0.4) is 0 Å². The van der Waals surface area contributed by atoms with Crippen molar-refractivity contribution in [2.45, 2.75) is 13.8 Å². The van der Waals surface area contributed by atoms with Crippen molar-refractivity contribution in [1.82, 2.24) is 4.98 Å². The number of amides is 1. The number of nitrogens with one attached hydrogen (secondary N) is 2. The van der Waals surface area contributed by atoms with Crippen LogP contribution in [-0.2, 0) is 4.74 Å². The second-order valence-electron chi connectivity index (χ2n) is 4.23. The minimum Gasteiger partial charge on any atom is -0.496 e. The molecule has 6 nitrogen and oxygen atoms in total. The molecule has 2 N–H and O–H groups in total. The smallest absolute Gasteiger partial charge is 0.342 e. The SMILES string of the molecule is CCOC(=O)c1c(NC(=O)c2cc(OC)cs2)c[nH]c1C. The van der Waals surface area contributed by atoms with Gasteiger partial charge in [-0.3, -0.25) is 4.79 Å². The van der Waals surface area contributed by atoms with E-state index in [9.17, 15) is 9.59 Å². The number of ether oxygens (including phenoxy) is 2. The Labute approximate surface area is 126 Å². The van der Waals surface area contributed by atoms with Gasteiger partial charge in [0.2, 0.25) is 0 Å². The molecule has 0 fully saturated rings. The minimum absolute atomic E-state index is 0.277. The highest BCUT2D eigenvalue weighted by atomic mass is 32.1. The van der Waals surface area contributed by atoms with E-state index in [4.69, 9.17) is 9.47 Å². The number of thiophene rings is 1. The van der Waals surface area contributed by atoms with Gasteiger partial charge in [0.1, 0.15) is 11.3 Å². The second-order valence-corrected chi connectivity index (χ2v) is 5.14. The van der Waals surface area contributed by atoms with Gasteiger partial charge in [0.25, 0.3) is 5.91 Å². The first-order valence-corrected chi connectivity index (χ1v) is 7.23. The Morgan fingerprint density at radius 3 is 2.81 bits per heavy atom. The lowest BCUT2D eigenvalue weighted by Crippen LogP contribution is -2.14. The quantitative estimate of drug-likeness (QED) is 0.832. The maximum Gasteiger partial charge on any atom is 0.342 e. The van der Waals surface area contributed by atoms with Crippen LogP contribution in [0.5, 0.6) is 5.75 Å². The summed E-state index contributed by atoms with van der Waals surface area (Å²) < 4.78 is 10.0. The topological polar surface area (TPSA) is 80.4 Å². The maximum absolute atomic E-state index is 12.2. The van der Waals surface area contributed by atoms with Crippen LogP contribution in [0.2, 0.25) is 0 Å². The molecule has 2 aromatic heterocycles. The van der Waals surface area contributed by atoms with E-state index < -0.39 is 5.97 Å². The van der Waals surface area contributed by atoms with Gasteiger partial charge in [-0.25, -0.2) is 4.79 Å². The Balaban J connectivity index is 2.19. The highest BCUT2D eigenvalue weighted by molar-refractivity contribution is 7.12. The van der Waals surface area contributed by atoms with Gasteiger partial charge in [-0.05, 0) is 13.8 Å². The van der Waals surface area contributed by atoms with Gasteiger partial charge < -0.3 is 19.8 Å². The number of aromatic nitrogens is 1. The number of aromatic amines is 1. The summed E-state index contributed by atoms with van der Waals surface area (Å²) in [5.74, 6) is -0.135. The van der Waals surface area contributed by atoms with Crippen molar-refractivity contribution in [2.75, 3.05) is 19.0 Å². The van der Waals surface area contributed by atoms with Crippen LogP contribution in [0.1, 0.15) is 32.6 Å². The zero-order valence-electron chi connectivity index (χ0n) is 12.0. The largest absolute Gasteiger partial charge is 0.496 e. The highest BCUT2D eigenvalue weighted by Crippen LogP contribution is 2.24. The number of anilines is 1. The molecule has 0 saturated heterocycles. The van der Waals surface area contributed by atoms with E-state index in [0.29, 0.717) is 27.6 Å². The third-order valence-corrected chi connectivity index (χ3v) is 3.75. The molecule has 0 aromatic carbocycles. The first kappa shape index (κ1) is 15.1. The molecule has 0 aliphatic carbocycles. The molecule has 0 saturated carbocycles. The van der Waals surface area contributed by atoms with Crippen molar-refractivity contribution in [3.63, 3.8) is 0 Å². The number of methoxy groups -OCH3 is 1. The van der Waals surface area contributed by atoms with Crippen molar-refractivity contribution in [2.24, 2.45) is 0 Å². The molecule has 0 radical (unpaired) electrons. The fourth-order valence-corrected chi connectivity index (χ4v) is 2.57. The van der Waals surface area contributed by atoms with E-state index in [1.807, 2.05) is 0 Å². The Kier molecular flexibility index (Phi) is 4.64. The summed E-state index contributed by atoms with van der Waals surface area (Å²) in [7, 11) is 1.54. The van der Waals surface area contributed by atoms with E-state index in [1.54, 1.807) is 31.5 Å². The maximum atomic E-state index is 12.2. The number of aryl methyl sites for hydroxylation is 1. The first-order valence-electron chi connectivity index (χ1n) is 6.35. The average molecular weight is 308 g/mol. The lowest BCUT2D eigenvalue weighted by molar-refractivity contribution is 0.0527. The molecule has 0 aliphatic heterocycles. The third-order valence-electron chi connectivity index (χ3n) is 2.84. The Morgan fingerprint density at radius 2 is 2.19 bits per heavy atom. The monoisotopic (exact) mass is 308 g/mol. The van der Waals surface area contributed by atoms with E-state index >= 15 is 0 Å². The first-order chi connectivity index (χ1) is 10.1. The summed E-state index contributed by atoms with van der Waals surface area (Å²) in [6.45, 7) is 3.76. The van der Waals surface area contributed by atoms with Gasteiger partial charge >= 0.3 is 5.97 Å². The lowest BCUT2D eigenvalue weighted by atomic mass is 10.2. The van der Waals surface area contributed by atoms with E-state index in [2.05, 4.69) is 10.3 Å². The number of hydrogen-bond acceptors (Lipinski definition) is 5. The standard InChI is InChI=1S/C14H16N2O4S/c1-4-20-14(18)12-8(2)15-6-10(12)16-13(17)11-5-9(19-3)7-21-11/h5-7,15H,4H2,1-3H3,(H,16,17). The molecule has 2 rings (SSSR count). The fraction of sp³-hybridized carbons (Fsp3) is 0.286. The van der Waals surface area contributed by atoms with E-state index in [1.165, 1.54) is 18.4 Å². The predicted molar refractivity (Wildman–Crippen MR) is 80.3 cm³/mol. The van der Waals surface area contributed by atoms with Crippen LogP contribution >= 0.6 is 11.3 Å². The van der Waals surface area contributed by atoms with Gasteiger partial charge in [-0.15, -0.1) is 11.3 Å². The number of rotatable bonds is 5. The molecular formula is C14H16N2O4S. The Bertz CT molecular complexity index is 660. The van der Waals surface area contributed by atoms with Crippen molar-refractivity contribution >= 4 is 28.9 Å². The number of hydrogen-bond donors (Lipinski definition) is 2. The van der Waals surface area contributed by atoms with Crippen molar-refractivity contribution in [3.8, 4) is 5.75 Å². The van der Waals surface area contributed by atoms with Crippen LogP contribution < -0.4 is 10.1 Å². The molecule has 2 aromatic rings. The second kappa shape index (κ2) is 6.45. The third kappa shape index (κ3) is 3.25. The molecule has 0 unspecified atom stereocenters. The van der Waals surface area contributed by atoms with Gasteiger partial charge in [0.15, 0.2) is 0 Å². The van der Waals surface area contributed by atoms with Gasteiger partial charge in [0, 0.05) is 23.3 Å². The Morgan fingerprint density at radius 1 is 1.43 bits per heavy atom. The lowest BCUT2D eigenvalue weighted by Gasteiger charge is -2.06. The average Bonchev–Trinajstić information content (AvgIpc) is 3.06. The molecule has 7 heteroatoms. The zero-order chi connectivity index (χ0) is 15.4. The summed E-state index contributed by atoms with van der Waals surface area (Å²) in [6.07, 6.45) is 1.57. The van der Waals surface area contributed by atoms with E-state index in [0.717, 1.165) is 0 Å².